The fourth-order valence-corrected chi connectivity index (χ4v) is 2.98. The van der Waals surface area contributed by atoms with E-state index in [0.29, 0.717) is 0 Å². The van der Waals surface area contributed by atoms with Crippen LogP contribution >= 0.6 is 11.3 Å². The van der Waals surface area contributed by atoms with Crippen LogP contribution in [0.3, 0.4) is 0 Å². The summed E-state index contributed by atoms with van der Waals surface area (Å²) in [5.74, 6) is 0.802. The number of rotatable bonds is 3. The van der Waals surface area contributed by atoms with E-state index in [9.17, 15) is 0 Å². The quantitative estimate of drug-likeness (QED) is 0.862. The van der Waals surface area contributed by atoms with Crippen LogP contribution in [0.15, 0.2) is 29.1 Å². The van der Waals surface area contributed by atoms with E-state index in [-0.39, 0.29) is 6.10 Å². The van der Waals surface area contributed by atoms with Gasteiger partial charge in [0.1, 0.15) is 11.9 Å². The fourth-order valence-electron chi connectivity index (χ4n) is 2.32. The zero-order valence-electron chi connectivity index (χ0n) is 11.0. The Balaban J connectivity index is 1.67. The van der Waals surface area contributed by atoms with Crippen LogP contribution in [0.5, 0.6) is 0 Å². The maximum Gasteiger partial charge on any atom is 0.125 e. The number of ether oxygens (including phenoxy) is 1. The highest BCUT2D eigenvalue weighted by Crippen LogP contribution is 2.22. The highest BCUT2D eigenvalue weighted by Gasteiger charge is 2.23. The number of nitrogens with zero attached hydrogens (tertiary/aromatic N) is 3. The van der Waals surface area contributed by atoms with E-state index in [1.54, 1.807) is 17.5 Å². The Morgan fingerprint density at radius 3 is 3.21 bits per heavy atom. The van der Waals surface area contributed by atoms with Gasteiger partial charge in [-0.1, -0.05) is 0 Å². The lowest BCUT2D eigenvalue weighted by molar-refractivity contribution is -0.0350. The van der Waals surface area contributed by atoms with Crippen LogP contribution in [0.1, 0.15) is 23.2 Å². The van der Waals surface area contributed by atoms with E-state index in [0.717, 1.165) is 37.8 Å². The molecule has 1 aliphatic rings. The van der Waals surface area contributed by atoms with Crippen LogP contribution in [-0.4, -0.2) is 34.6 Å². The molecule has 3 heterocycles. The van der Waals surface area contributed by atoms with E-state index in [4.69, 9.17) is 4.74 Å². The van der Waals surface area contributed by atoms with Crippen molar-refractivity contribution in [3.8, 4) is 0 Å². The third-order valence-electron chi connectivity index (χ3n) is 3.26. The van der Waals surface area contributed by atoms with Gasteiger partial charge in [0.15, 0.2) is 0 Å². The molecular weight excluding hydrogens is 258 g/mol. The molecule has 1 fully saturated rings. The van der Waals surface area contributed by atoms with Crippen LogP contribution in [-0.2, 0) is 11.3 Å². The molecule has 100 valence electrons. The lowest BCUT2D eigenvalue weighted by Crippen LogP contribution is -2.38. The van der Waals surface area contributed by atoms with Gasteiger partial charge in [-0.05, 0) is 35.4 Å². The van der Waals surface area contributed by atoms with Crippen molar-refractivity contribution in [3.63, 3.8) is 0 Å². The average Bonchev–Trinajstić information content (AvgIpc) is 2.92. The Morgan fingerprint density at radius 2 is 2.42 bits per heavy atom. The molecule has 1 aliphatic heterocycles. The van der Waals surface area contributed by atoms with Crippen molar-refractivity contribution in [3.05, 3.63) is 46.2 Å². The number of thiophene rings is 1. The Bertz CT molecular complexity index is 529. The van der Waals surface area contributed by atoms with Gasteiger partial charge >= 0.3 is 0 Å². The summed E-state index contributed by atoms with van der Waals surface area (Å²) in [6.45, 7) is 5.55. The minimum atomic E-state index is 0.0640. The normalized spacial score (nSPS) is 20.6. The molecule has 2 aromatic heterocycles. The van der Waals surface area contributed by atoms with Crippen LogP contribution < -0.4 is 0 Å². The summed E-state index contributed by atoms with van der Waals surface area (Å²) in [5.41, 5.74) is 2.37. The second-order valence-corrected chi connectivity index (χ2v) is 5.53. The third kappa shape index (κ3) is 3.18. The standard InChI is InChI=1S/C14H17N3OS/c1-11-15-4-2-13(16-11)14-9-17(5-6-18-14)8-12-3-7-19-10-12/h2-4,7,10,14H,5-6,8-9H2,1H3/t14-/m0/s1. The number of morpholine rings is 1. The predicted molar refractivity (Wildman–Crippen MR) is 75.1 cm³/mol. The fraction of sp³-hybridized carbons (Fsp3) is 0.429. The molecule has 0 amide bonds. The Kier molecular flexibility index (Phi) is 3.87. The molecule has 5 heteroatoms. The SMILES string of the molecule is Cc1nccc([C@@H]2CN(Cc3ccsc3)CCO2)n1. The molecule has 1 saturated heterocycles. The molecule has 0 aromatic carbocycles. The van der Waals surface area contributed by atoms with Crippen LogP contribution in [0, 0.1) is 6.92 Å². The maximum atomic E-state index is 5.84. The first-order valence-electron chi connectivity index (χ1n) is 6.46. The van der Waals surface area contributed by atoms with E-state index >= 15 is 0 Å². The summed E-state index contributed by atoms with van der Waals surface area (Å²) in [6.07, 6.45) is 1.87. The van der Waals surface area contributed by atoms with Crippen LogP contribution in [0.2, 0.25) is 0 Å². The van der Waals surface area contributed by atoms with Gasteiger partial charge in [0.05, 0.1) is 12.3 Å². The monoisotopic (exact) mass is 275 g/mol. The van der Waals surface area contributed by atoms with Gasteiger partial charge in [0, 0.05) is 25.8 Å². The number of aromatic nitrogens is 2. The molecule has 0 N–H and O–H groups in total. The average molecular weight is 275 g/mol. The maximum absolute atomic E-state index is 5.84. The highest BCUT2D eigenvalue weighted by atomic mass is 32.1. The molecule has 4 nitrogen and oxygen atoms in total. The smallest absolute Gasteiger partial charge is 0.125 e. The summed E-state index contributed by atoms with van der Waals surface area (Å²) in [6, 6.07) is 4.13. The minimum absolute atomic E-state index is 0.0640. The van der Waals surface area contributed by atoms with Gasteiger partial charge in [-0.3, -0.25) is 4.90 Å². The summed E-state index contributed by atoms with van der Waals surface area (Å²) in [5, 5.41) is 4.33. The topological polar surface area (TPSA) is 38.2 Å². The molecule has 1 atom stereocenters. The van der Waals surface area contributed by atoms with Gasteiger partial charge in [-0.2, -0.15) is 11.3 Å². The highest BCUT2D eigenvalue weighted by molar-refractivity contribution is 7.07. The van der Waals surface area contributed by atoms with Crippen molar-refractivity contribution < 1.29 is 4.74 Å². The molecule has 0 spiro atoms. The van der Waals surface area contributed by atoms with E-state index < -0.39 is 0 Å². The molecule has 0 radical (unpaired) electrons. The van der Waals surface area contributed by atoms with E-state index in [1.165, 1.54) is 5.56 Å². The molecular formula is C14H17N3OS. The predicted octanol–water partition coefficient (Wildman–Crippen LogP) is 2.42. The van der Waals surface area contributed by atoms with Gasteiger partial charge in [-0.15, -0.1) is 0 Å². The molecule has 0 unspecified atom stereocenters. The third-order valence-corrected chi connectivity index (χ3v) is 4.00. The number of aryl methyl sites for hydroxylation is 1. The molecule has 3 rings (SSSR count). The first-order chi connectivity index (χ1) is 9.31. The summed E-state index contributed by atoms with van der Waals surface area (Å²) < 4.78 is 5.84. The van der Waals surface area contributed by atoms with Crippen molar-refractivity contribution >= 4 is 11.3 Å². The summed E-state index contributed by atoms with van der Waals surface area (Å²) >= 11 is 1.75. The molecule has 19 heavy (non-hydrogen) atoms. The van der Waals surface area contributed by atoms with Crippen molar-refractivity contribution in [2.75, 3.05) is 19.7 Å². The van der Waals surface area contributed by atoms with Gasteiger partial charge in [-0.25, -0.2) is 9.97 Å². The van der Waals surface area contributed by atoms with Gasteiger partial charge < -0.3 is 4.74 Å². The van der Waals surface area contributed by atoms with Gasteiger partial charge in [0.25, 0.3) is 0 Å². The Labute approximate surface area is 117 Å². The van der Waals surface area contributed by atoms with E-state index in [1.807, 2.05) is 13.0 Å². The summed E-state index contributed by atoms with van der Waals surface area (Å²) in [4.78, 5) is 11.0. The lowest BCUT2D eigenvalue weighted by Gasteiger charge is -2.32. The first kappa shape index (κ1) is 12.7. The molecule has 0 bridgehead atoms. The van der Waals surface area contributed by atoms with Crippen molar-refractivity contribution in [1.29, 1.82) is 0 Å². The van der Waals surface area contributed by atoms with Gasteiger partial charge in [0.2, 0.25) is 0 Å². The second kappa shape index (κ2) is 5.77. The molecule has 0 aliphatic carbocycles. The number of hydrogen-bond acceptors (Lipinski definition) is 5. The number of hydrogen-bond donors (Lipinski definition) is 0. The Hall–Kier alpha value is -1.30. The molecule has 2 aromatic rings. The zero-order valence-corrected chi connectivity index (χ0v) is 11.8. The largest absolute Gasteiger partial charge is 0.369 e. The van der Waals surface area contributed by atoms with Crippen molar-refractivity contribution in [1.82, 2.24) is 14.9 Å². The van der Waals surface area contributed by atoms with Crippen LogP contribution in [0.25, 0.3) is 0 Å². The summed E-state index contributed by atoms with van der Waals surface area (Å²) in [7, 11) is 0. The van der Waals surface area contributed by atoms with Crippen molar-refractivity contribution in [2.24, 2.45) is 0 Å². The Morgan fingerprint density at radius 1 is 1.47 bits per heavy atom. The van der Waals surface area contributed by atoms with E-state index in [2.05, 4.69) is 31.7 Å². The van der Waals surface area contributed by atoms with Crippen LogP contribution in [0.4, 0.5) is 0 Å². The van der Waals surface area contributed by atoms with Crippen molar-refractivity contribution in [2.45, 2.75) is 19.6 Å². The first-order valence-corrected chi connectivity index (χ1v) is 7.40. The molecule has 0 saturated carbocycles. The zero-order chi connectivity index (χ0) is 13.1. The second-order valence-electron chi connectivity index (χ2n) is 4.75. The lowest BCUT2D eigenvalue weighted by atomic mass is 10.2. The minimum Gasteiger partial charge on any atom is -0.369 e.